The van der Waals surface area contributed by atoms with Crippen LogP contribution in [0.1, 0.15) is 44.9 Å². The number of piperidine rings is 2. The molecule has 0 aromatic rings. The second-order valence-electron chi connectivity index (χ2n) is 8.15. The molecule has 2 rings (SSSR count). The molecule has 2 aliphatic rings. The van der Waals surface area contributed by atoms with E-state index in [9.17, 15) is 24.3 Å². The second-order valence-corrected chi connectivity index (χ2v) is 8.15. The summed E-state index contributed by atoms with van der Waals surface area (Å²) in [7, 11) is 0. The van der Waals surface area contributed by atoms with Gasteiger partial charge in [-0.1, -0.05) is 0 Å². The first-order valence-electron chi connectivity index (χ1n) is 10.9. The minimum Gasteiger partial charge on any atom is -0.480 e. The zero-order valence-corrected chi connectivity index (χ0v) is 17.5. The number of carboxylic acid groups (broad SMARTS) is 1. The molecule has 0 aromatic heterocycles. The Hall–Kier alpha value is -2.20. The lowest BCUT2D eigenvalue weighted by Crippen LogP contribution is -2.51. The van der Waals surface area contributed by atoms with Gasteiger partial charge in [-0.25, -0.2) is 4.79 Å². The Morgan fingerprint density at radius 1 is 1.13 bits per heavy atom. The zero-order chi connectivity index (χ0) is 21.9. The van der Waals surface area contributed by atoms with E-state index in [4.69, 9.17) is 5.73 Å². The molecule has 0 unspecified atom stereocenters. The minimum absolute atomic E-state index is 0.0226. The van der Waals surface area contributed by atoms with Gasteiger partial charge in [0, 0.05) is 39.0 Å². The van der Waals surface area contributed by atoms with Crippen LogP contribution in [0, 0.1) is 11.8 Å². The number of rotatable bonds is 10. The normalized spacial score (nSPS) is 21.0. The van der Waals surface area contributed by atoms with Crippen LogP contribution >= 0.6 is 0 Å². The van der Waals surface area contributed by atoms with Crippen molar-refractivity contribution >= 4 is 23.7 Å². The second kappa shape index (κ2) is 12.5. The SMILES string of the molecule is NCCC(=O)N[C@H](CNC(=O)[C@@H]1CCCN(C(=O)CCC2CCNCC2)C1)C(=O)O. The molecule has 10 heteroatoms. The average molecular weight is 426 g/mol. The number of nitrogens with zero attached hydrogens (tertiary/aromatic N) is 1. The molecule has 2 aliphatic heterocycles. The molecule has 0 aliphatic carbocycles. The summed E-state index contributed by atoms with van der Waals surface area (Å²) < 4.78 is 0. The van der Waals surface area contributed by atoms with Crippen LogP contribution in [0.4, 0.5) is 0 Å². The monoisotopic (exact) mass is 425 g/mol. The van der Waals surface area contributed by atoms with Crippen LogP contribution in [0.5, 0.6) is 0 Å². The van der Waals surface area contributed by atoms with Crippen molar-refractivity contribution in [3.05, 3.63) is 0 Å². The maximum absolute atomic E-state index is 12.6. The van der Waals surface area contributed by atoms with Crippen molar-refractivity contribution in [3.8, 4) is 0 Å². The Morgan fingerprint density at radius 3 is 2.53 bits per heavy atom. The summed E-state index contributed by atoms with van der Waals surface area (Å²) in [5.74, 6) is -1.67. The van der Waals surface area contributed by atoms with Gasteiger partial charge >= 0.3 is 5.97 Å². The highest BCUT2D eigenvalue weighted by atomic mass is 16.4. The maximum Gasteiger partial charge on any atom is 0.328 e. The van der Waals surface area contributed by atoms with Crippen molar-refractivity contribution in [2.75, 3.05) is 39.3 Å². The summed E-state index contributed by atoms with van der Waals surface area (Å²) >= 11 is 0. The number of carbonyl (C=O) groups excluding carboxylic acids is 3. The molecular formula is C20H35N5O5. The summed E-state index contributed by atoms with van der Waals surface area (Å²) in [4.78, 5) is 49.8. The van der Waals surface area contributed by atoms with E-state index in [-0.39, 0.29) is 37.2 Å². The molecule has 30 heavy (non-hydrogen) atoms. The summed E-state index contributed by atoms with van der Waals surface area (Å²) in [6.45, 7) is 2.94. The molecule has 170 valence electrons. The van der Waals surface area contributed by atoms with Gasteiger partial charge in [-0.2, -0.15) is 0 Å². The molecule has 0 aromatic carbocycles. The minimum atomic E-state index is -1.22. The first-order valence-corrected chi connectivity index (χ1v) is 10.9. The van der Waals surface area contributed by atoms with Crippen LogP contribution in [-0.4, -0.2) is 79.0 Å². The van der Waals surface area contributed by atoms with Gasteiger partial charge in [0.15, 0.2) is 0 Å². The fourth-order valence-electron chi connectivity index (χ4n) is 4.02. The third-order valence-electron chi connectivity index (χ3n) is 5.86. The molecule has 6 N–H and O–H groups in total. The molecule has 0 bridgehead atoms. The molecule has 0 saturated carbocycles. The van der Waals surface area contributed by atoms with Gasteiger partial charge in [0.25, 0.3) is 0 Å². The first-order chi connectivity index (χ1) is 14.4. The number of hydrogen-bond acceptors (Lipinski definition) is 6. The van der Waals surface area contributed by atoms with Gasteiger partial charge in [-0.15, -0.1) is 0 Å². The van der Waals surface area contributed by atoms with Gasteiger partial charge in [0.1, 0.15) is 6.04 Å². The molecule has 0 radical (unpaired) electrons. The molecule has 2 fully saturated rings. The number of likely N-dealkylation sites (tertiary alicyclic amines) is 1. The lowest BCUT2D eigenvalue weighted by molar-refractivity contribution is -0.142. The molecular weight excluding hydrogens is 390 g/mol. The van der Waals surface area contributed by atoms with Crippen molar-refractivity contribution < 1.29 is 24.3 Å². The standard InChI is InChI=1S/C20H35N5O5/c21-8-5-17(26)24-16(20(29)30)12-23-19(28)15-2-1-11-25(13-15)18(27)4-3-14-6-9-22-10-7-14/h14-16,22H,1-13,21H2,(H,23,28)(H,24,26)(H,29,30)/t15-,16-/m1/s1. The lowest BCUT2D eigenvalue weighted by atomic mass is 9.92. The third-order valence-corrected chi connectivity index (χ3v) is 5.86. The molecule has 2 saturated heterocycles. The molecule has 3 amide bonds. The Labute approximate surface area is 177 Å². The van der Waals surface area contributed by atoms with Gasteiger partial charge in [-0.3, -0.25) is 14.4 Å². The number of carboxylic acids is 1. The van der Waals surface area contributed by atoms with E-state index in [0.29, 0.717) is 31.8 Å². The smallest absolute Gasteiger partial charge is 0.328 e. The van der Waals surface area contributed by atoms with E-state index in [2.05, 4.69) is 16.0 Å². The molecule has 2 heterocycles. The van der Waals surface area contributed by atoms with E-state index < -0.39 is 17.9 Å². The number of aliphatic carboxylic acids is 1. The largest absolute Gasteiger partial charge is 0.480 e. The highest BCUT2D eigenvalue weighted by molar-refractivity contribution is 5.85. The maximum atomic E-state index is 12.6. The van der Waals surface area contributed by atoms with Crippen molar-refractivity contribution in [1.82, 2.24) is 20.9 Å². The van der Waals surface area contributed by atoms with E-state index in [1.807, 2.05) is 0 Å². The van der Waals surface area contributed by atoms with Crippen molar-refractivity contribution in [3.63, 3.8) is 0 Å². The predicted octanol–water partition coefficient (Wildman–Crippen LogP) is -0.961. The van der Waals surface area contributed by atoms with Crippen molar-refractivity contribution in [2.24, 2.45) is 17.6 Å². The fourth-order valence-corrected chi connectivity index (χ4v) is 4.02. The van der Waals surface area contributed by atoms with E-state index in [1.54, 1.807) is 4.90 Å². The Balaban J connectivity index is 1.77. The Morgan fingerprint density at radius 2 is 1.87 bits per heavy atom. The number of amides is 3. The molecule has 0 spiro atoms. The van der Waals surface area contributed by atoms with Crippen LogP contribution < -0.4 is 21.7 Å². The quantitative estimate of drug-likeness (QED) is 0.302. The first kappa shape index (κ1) is 24.1. The van der Waals surface area contributed by atoms with E-state index >= 15 is 0 Å². The Bertz CT molecular complexity index is 608. The fraction of sp³-hybridized carbons (Fsp3) is 0.800. The van der Waals surface area contributed by atoms with Crippen molar-refractivity contribution in [1.29, 1.82) is 0 Å². The number of carbonyl (C=O) groups is 4. The molecule has 10 nitrogen and oxygen atoms in total. The third kappa shape index (κ3) is 7.91. The van der Waals surface area contributed by atoms with Crippen molar-refractivity contribution in [2.45, 2.75) is 51.0 Å². The van der Waals surface area contributed by atoms with Crippen LogP contribution in [-0.2, 0) is 19.2 Å². The van der Waals surface area contributed by atoms with Gasteiger partial charge in [0.05, 0.1) is 5.92 Å². The summed E-state index contributed by atoms with van der Waals surface area (Å²) in [6, 6.07) is -1.21. The molecule has 2 atom stereocenters. The highest BCUT2D eigenvalue weighted by Crippen LogP contribution is 2.21. The van der Waals surface area contributed by atoms with Crippen LogP contribution in [0.2, 0.25) is 0 Å². The van der Waals surface area contributed by atoms with Gasteiger partial charge in [-0.05, 0) is 51.1 Å². The summed E-state index contributed by atoms with van der Waals surface area (Å²) in [5, 5.41) is 17.5. The van der Waals surface area contributed by atoms with Crippen LogP contribution in [0.3, 0.4) is 0 Å². The lowest BCUT2D eigenvalue weighted by Gasteiger charge is -2.33. The van der Waals surface area contributed by atoms with Gasteiger partial charge < -0.3 is 31.7 Å². The number of hydrogen-bond donors (Lipinski definition) is 5. The number of nitrogens with two attached hydrogens (primary N) is 1. The highest BCUT2D eigenvalue weighted by Gasteiger charge is 2.30. The van der Waals surface area contributed by atoms with E-state index in [0.717, 1.165) is 38.8 Å². The predicted molar refractivity (Wildman–Crippen MR) is 110 cm³/mol. The van der Waals surface area contributed by atoms with Crippen LogP contribution in [0.15, 0.2) is 0 Å². The topological polar surface area (TPSA) is 154 Å². The number of nitrogens with one attached hydrogen (secondary N) is 3. The summed E-state index contributed by atoms with van der Waals surface area (Å²) in [6.07, 6.45) is 5.02. The van der Waals surface area contributed by atoms with Crippen LogP contribution in [0.25, 0.3) is 0 Å². The van der Waals surface area contributed by atoms with E-state index in [1.165, 1.54) is 0 Å². The van der Waals surface area contributed by atoms with Gasteiger partial charge in [0.2, 0.25) is 17.7 Å². The zero-order valence-electron chi connectivity index (χ0n) is 17.5. The Kier molecular flexibility index (Phi) is 10.0. The average Bonchev–Trinajstić information content (AvgIpc) is 2.75. The summed E-state index contributed by atoms with van der Waals surface area (Å²) in [5.41, 5.74) is 5.29.